The van der Waals surface area contributed by atoms with E-state index in [0.717, 1.165) is 17.0 Å². The van der Waals surface area contributed by atoms with Gasteiger partial charge in [-0.15, -0.1) is 11.8 Å². The lowest BCUT2D eigenvalue weighted by molar-refractivity contribution is -0.137. The highest BCUT2D eigenvalue weighted by atomic mass is 32.2. The molecule has 0 atom stereocenters. The Labute approximate surface area is 84.7 Å². The van der Waals surface area contributed by atoms with Gasteiger partial charge in [-0.2, -0.15) is 13.2 Å². The maximum atomic E-state index is 12.2. The number of hydrogen-bond acceptors (Lipinski definition) is 2. The summed E-state index contributed by atoms with van der Waals surface area (Å²) in [6.07, 6.45) is -4.24. The summed E-state index contributed by atoms with van der Waals surface area (Å²) in [7, 11) is 1.79. The van der Waals surface area contributed by atoms with Crippen LogP contribution in [0.2, 0.25) is 0 Å². The third-order valence-electron chi connectivity index (χ3n) is 1.56. The zero-order chi connectivity index (χ0) is 10.6. The minimum absolute atomic E-state index is 0.605. The first-order chi connectivity index (χ1) is 6.54. The van der Waals surface area contributed by atoms with Gasteiger partial charge in [0.15, 0.2) is 0 Å². The molecule has 0 aliphatic carbocycles. The van der Waals surface area contributed by atoms with E-state index in [1.54, 1.807) is 7.05 Å². The molecule has 1 nitrogen and oxygen atoms in total. The lowest BCUT2D eigenvalue weighted by Gasteiger charge is -2.07. The molecule has 0 aliphatic heterocycles. The Bertz CT molecular complexity index is 281. The molecule has 1 rings (SSSR count). The molecule has 0 fully saturated rings. The number of halogens is 3. The maximum absolute atomic E-state index is 12.2. The van der Waals surface area contributed by atoms with Crippen molar-refractivity contribution in [1.82, 2.24) is 5.32 Å². The summed E-state index contributed by atoms with van der Waals surface area (Å²) in [6.45, 7) is 0. The number of thioether (sulfide) groups is 1. The number of benzene rings is 1. The van der Waals surface area contributed by atoms with Crippen LogP contribution in [0.1, 0.15) is 5.56 Å². The second kappa shape index (κ2) is 4.70. The van der Waals surface area contributed by atoms with Crippen molar-refractivity contribution in [3.05, 3.63) is 29.8 Å². The van der Waals surface area contributed by atoms with Crippen LogP contribution < -0.4 is 5.32 Å². The summed E-state index contributed by atoms with van der Waals surface area (Å²) in [5.41, 5.74) is -0.605. The predicted octanol–water partition coefficient (Wildman–Crippen LogP) is 2.97. The SMILES string of the molecule is CNCSc1ccc(C(F)(F)F)cc1. The second-order valence-corrected chi connectivity index (χ2v) is 3.71. The van der Waals surface area contributed by atoms with Gasteiger partial charge in [-0.25, -0.2) is 0 Å². The topological polar surface area (TPSA) is 12.0 Å². The van der Waals surface area contributed by atoms with Crippen LogP contribution >= 0.6 is 11.8 Å². The lowest BCUT2D eigenvalue weighted by Crippen LogP contribution is -2.05. The third kappa shape index (κ3) is 3.23. The molecule has 0 saturated carbocycles. The molecule has 1 N–H and O–H groups in total. The quantitative estimate of drug-likeness (QED) is 0.622. The van der Waals surface area contributed by atoms with Crippen LogP contribution in [-0.4, -0.2) is 12.9 Å². The Morgan fingerprint density at radius 2 is 1.79 bits per heavy atom. The molecule has 0 heterocycles. The van der Waals surface area contributed by atoms with E-state index in [9.17, 15) is 13.2 Å². The molecule has 0 bridgehead atoms. The van der Waals surface area contributed by atoms with Crippen molar-refractivity contribution in [2.75, 3.05) is 12.9 Å². The van der Waals surface area contributed by atoms with Gasteiger partial charge >= 0.3 is 6.18 Å². The Morgan fingerprint density at radius 1 is 1.21 bits per heavy atom. The minimum atomic E-state index is -4.24. The van der Waals surface area contributed by atoms with Gasteiger partial charge in [0.1, 0.15) is 0 Å². The number of nitrogens with one attached hydrogen (secondary N) is 1. The van der Waals surface area contributed by atoms with Crippen LogP contribution in [0, 0.1) is 0 Å². The summed E-state index contributed by atoms with van der Waals surface area (Å²) < 4.78 is 36.5. The predicted molar refractivity (Wildman–Crippen MR) is 51.2 cm³/mol. The molecule has 0 aliphatic rings. The van der Waals surface area contributed by atoms with E-state index < -0.39 is 11.7 Å². The molecule has 14 heavy (non-hydrogen) atoms. The highest BCUT2D eigenvalue weighted by Crippen LogP contribution is 2.30. The summed E-state index contributed by atoms with van der Waals surface area (Å²) in [4.78, 5) is 0.826. The van der Waals surface area contributed by atoms with Crippen LogP contribution in [0.5, 0.6) is 0 Å². The molecule has 0 spiro atoms. The molecule has 5 heteroatoms. The van der Waals surface area contributed by atoms with Crippen molar-refractivity contribution in [3.8, 4) is 0 Å². The van der Waals surface area contributed by atoms with Gasteiger partial charge < -0.3 is 5.32 Å². The van der Waals surface area contributed by atoms with E-state index >= 15 is 0 Å². The van der Waals surface area contributed by atoms with Crippen LogP contribution in [0.3, 0.4) is 0 Å². The largest absolute Gasteiger partial charge is 0.416 e. The Balaban J connectivity index is 2.69. The van der Waals surface area contributed by atoms with Crippen LogP contribution in [0.15, 0.2) is 29.2 Å². The van der Waals surface area contributed by atoms with Crippen LogP contribution in [0.25, 0.3) is 0 Å². The second-order valence-electron chi connectivity index (χ2n) is 2.66. The zero-order valence-corrected chi connectivity index (χ0v) is 8.38. The van der Waals surface area contributed by atoms with Gasteiger partial charge in [-0.3, -0.25) is 0 Å². The van der Waals surface area contributed by atoms with Crippen LogP contribution in [0.4, 0.5) is 13.2 Å². The monoisotopic (exact) mass is 221 g/mol. The van der Waals surface area contributed by atoms with E-state index in [0.29, 0.717) is 5.88 Å². The number of alkyl halides is 3. The Morgan fingerprint density at radius 3 is 2.21 bits per heavy atom. The van der Waals surface area contributed by atoms with Crippen molar-refractivity contribution >= 4 is 11.8 Å². The lowest BCUT2D eigenvalue weighted by atomic mass is 10.2. The van der Waals surface area contributed by atoms with Crippen molar-refractivity contribution in [2.45, 2.75) is 11.1 Å². The molecule has 1 aromatic rings. The molecule has 0 saturated heterocycles. The molecule has 0 aromatic heterocycles. The van der Waals surface area contributed by atoms with E-state index in [4.69, 9.17) is 0 Å². The Hall–Kier alpha value is -0.680. The summed E-state index contributed by atoms with van der Waals surface area (Å²) in [5.74, 6) is 0.686. The van der Waals surface area contributed by atoms with Crippen molar-refractivity contribution in [2.24, 2.45) is 0 Å². The highest BCUT2D eigenvalue weighted by molar-refractivity contribution is 7.99. The average molecular weight is 221 g/mol. The molecular weight excluding hydrogens is 211 g/mol. The molecule has 0 radical (unpaired) electrons. The zero-order valence-electron chi connectivity index (χ0n) is 7.56. The first-order valence-corrected chi connectivity index (χ1v) is 4.97. The van der Waals surface area contributed by atoms with Crippen molar-refractivity contribution < 1.29 is 13.2 Å². The first-order valence-electron chi connectivity index (χ1n) is 3.98. The summed E-state index contributed by atoms with van der Waals surface area (Å²) in [6, 6.07) is 5.14. The standard InChI is InChI=1S/C9H10F3NS/c1-13-6-14-8-4-2-7(3-5-8)9(10,11)12/h2-5,13H,6H2,1H3. The Kier molecular flexibility index (Phi) is 3.83. The molecule has 1 aromatic carbocycles. The molecule has 78 valence electrons. The summed E-state index contributed by atoms with van der Waals surface area (Å²) in [5, 5.41) is 2.90. The van der Waals surface area contributed by atoms with Gasteiger partial charge in [0.25, 0.3) is 0 Å². The minimum Gasteiger partial charge on any atom is -0.311 e. The molecule has 0 unspecified atom stereocenters. The maximum Gasteiger partial charge on any atom is 0.416 e. The number of rotatable bonds is 3. The average Bonchev–Trinajstić information content (AvgIpc) is 2.14. The number of hydrogen-bond donors (Lipinski definition) is 1. The van der Waals surface area contributed by atoms with E-state index in [2.05, 4.69) is 5.32 Å². The van der Waals surface area contributed by atoms with Gasteiger partial charge in [0.2, 0.25) is 0 Å². The fourth-order valence-electron chi connectivity index (χ4n) is 0.896. The summed E-state index contributed by atoms with van der Waals surface area (Å²) >= 11 is 1.46. The van der Waals surface area contributed by atoms with Crippen molar-refractivity contribution in [1.29, 1.82) is 0 Å². The van der Waals surface area contributed by atoms with Gasteiger partial charge in [0.05, 0.1) is 5.56 Å². The fraction of sp³-hybridized carbons (Fsp3) is 0.333. The van der Waals surface area contributed by atoms with Gasteiger partial charge in [0, 0.05) is 10.8 Å². The van der Waals surface area contributed by atoms with Gasteiger partial charge in [-0.05, 0) is 31.3 Å². The molecular formula is C9H10F3NS. The first kappa shape index (κ1) is 11.4. The smallest absolute Gasteiger partial charge is 0.311 e. The van der Waals surface area contributed by atoms with E-state index in [1.807, 2.05) is 0 Å². The normalized spacial score (nSPS) is 11.7. The van der Waals surface area contributed by atoms with E-state index in [-0.39, 0.29) is 0 Å². The highest BCUT2D eigenvalue weighted by Gasteiger charge is 2.29. The fourth-order valence-corrected chi connectivity index (χ4v) is 1.54. The van der Waals surface area contributed by atoms with Gasteiger partial charge in [-0.1, -0.05) is 0 Å². The van der Waals surface area contributed by atoms with Crippen LogP contribution in [-0.2, 0) is 6.18 Å². The third-order valence-corrected chi connectivity index (χ3v) is 2.60. The molecule has 0 amide bonds. The van der Waals surface area contributed by atoms with E-state index in [1.165, 1.54) is 23.9 Å². The van der Waals surface area contributed by atoms with Crippen molar-refractivity contribution in [3.63, 3.8) is 0 Å².